The van der Waals surface area contributed by atoms with Gasteiger partial charge in [0.05, 0.1) is 29.7 Å². The Bertz CT molecular complexity index is 991. The molecule has 0 aromatic heterocycles. The SMILES string of the molecule is COc1cc(/C=C2\SC(=O)N(Cc3cccc(Cl)c3)C2=O)cc(Cl)c1OC(C)C. The van der Waals surface area contributed by atoms with Crippen molar-refractivity contribution in [3.8, 4) is 11.5 Å². The van der Waals surface area contributed by atoms with Crippen LogP contribution in [0, 0.1) is 0 Å². The molecular weight excluding hydrogens is 433 g/mol. The molecular formula is C21H19Cl2NO4S. The van der Waals surface area contributed by atoms with Crippen molar-refractivity contribution in [2.45, 2.75) is 26.5 Å². The second kappa shape index (κ2) is 9.11. The monoisotopic (exact) mass is 451 g/mol. The summed E-state index contributed by atoms with van der Waals surface area (Å²) < 4.78 is 11.1. The van der Waals surface area contributed by atoms with Crippen LogP contribution in [0.2, 0.25) is 10.0 Å². The number of methoxy groups -OCH3 is 1. The zero-order valence-electron chi connectivity index (χ0n) is 16.1. The molecule has 152 valence electrons. The first-order chi connectivity index (χ1) is 13.8. The normalized spacial score (nSPS) is 15.5. The largest absolute Gasteiger partial charge is 0.493 e. The zero-order chi connectivity index (χ0) is 21.1. The van der Waals surface area contributed by atoms with Gasteiger partial charge in [-0.15, -0.1) is 0 Å². The number of carbonyl (C=O) groups excluding carboxylic acids is 2. The highest BCUT2D eigenvalue weighted by molar-refractivity contribution is 8.18. The van der Waals surface area contributed by atoms with Crippen LogP contribution in [-0.2, 0) is 11.3 Å². The number of halogens is 2. The number of amides is 2. The van der Waals surface area contributed by atoms with E-state index in [-0.39, 0.29) is 23.8 Å². The quantitative estimate of drug-likeness (QED) is 0.502. The molecule has 0 spiro atoms. The summed E-state index contributed by atoms with van der Waals surface area (Å²) in [5.74, 6) is 0.531. The number of carbonyl (C=O) groups is 2. The van der Waals surface area contributed by atoms with Gasteiger partial charge in [0.25, 0.3) is 11.1 Å². The highest BCUT2D eigenvalue weighted by Gasteiger charge is 2.35. The predicted octanol–water partition coefficient (Wildman–Crippen LogP) is 6.03. The molecule has 1 aliphatic heterocycles. The Morgan fingerprint density at radius 2 is 1.93 bits per heavy atom. The van der Waals surface area contributed by atoms with Crippen LogP contribution in [0.25, 0.3) is 6.08 Å². The summed E-state index contributed by atoms with van der Waals surface area (Å²) in [4.78, 5) is 26.6. The van der Waals surface area contributed by atoms with Crippen LogP contribution in [0.3, 0.4) is 0 Å². The molecule has 0 atom stereocenters. The minimum Gasteiger partial charge on any atom is -0.493 e. The second-order valence-corrected chi connectivity index (χ2v) is 8.44. The summed E-state index contributed by atoms with van der Waals surface area (Å²) in [6.45, 7) is 3.94. The van der Waals surface area contributed by atoms with E-state index in [1.807, 2.05) is 19.9 Å². The van der Waals surface area contributed by atoms with Gasteiger partial charge in [-0.3, -0.25) is 14.5 Å². The first-order valence-electron chi connectivity index (χ1n) is 8.82. The van der Waals surface area contributed by atoms with Gasteiger partial charge in [0.2, 0.25) is 0 Å². The smallest absolute Gasteiger partial charge is 0.293 e. The molecule has 0 unspecified atom stereocenters. The van der Waals surface area contributed by atoms with Crippen molar-refractivity contribution in [3.05, 3.63) is 62.5 Å². The molecule has 1 fully saturated rings. The van der Waals surface area contributed by atoms with Crippen LogP contribution in [0.4, 0.5) is 4.79 Å². The molecule has 5 nitrogen and oxygen atoms in total. The minimum absolute atomic E-state index is 0.0739. The summed E-state index contributed by atoms with van der Waals surface area (Å²) >= 11 is 13.2. The standard InChI is InChI=1S/C21H19Cl2NO4S/c1-12(2)28-19-16(23)8-14(9-17(19)27-3)10-18-20(25)24(21(26)29-18)11-13-5-4-6-15(22)7-13/h4-10,12H,11H2,1-3H3/b18-10-. The fourth-order valence-corrected chi connectivity index (χ4v) is 4.09. The number of thioether (sulfide) groups is 1. The van der Waals surface area contributed by atoms with Crippen LogP contribution in [-0.4, -0.2) is 29.3 Å². The number of hydrogen-bond acceptors (Lipinski definition) is 5. The summed E-state index contributed by atoms with van der Waals surface area (Å²) in [7, 11) is 1.52. The van der Waals surface area contributed by atoms with Crippen LogP contribution < -0.4 is 9.47 Å². The lowest BCUT2D eigenvalue weighted by atomic mass is 10.1. The van der Waals surface area contributed by atoms with E-state index in [4.69, 9.17) is 32.7 Å². The minimum atomic E-state index is -0.363. The van der Waals surface area contributed by atoms with Crippen LogP contribution >= 0.6 is 35.0 Å². The second-order valence-electron chi connectivity index (χ2n) is 6.60. The van der Waals surface area contributed by atoms with E-state index in [1.54, 1.807) is 36.4 Å². The van der Waals surface area contributed by atoms with E-state index in [0.717, 1.165) is 17.3 Å². The number of hydrogen-bond donors (Lipinski definition) is 0. The Morgan fingerprint density at radius 1 is 1.17 bits per heavy atom. The van der Waals surface area contributed by atoms with Gasteiger partial charge in [0, 0.05) is 5.02 Å². The summed E-state index contributed by atoms with van der Waals surface area (Å²) in [5.41, 5.74) is 1.41. The summed E-state index contributed by atoms with van der Waals surface area (Å²) in [6, 6.07) is 10.5. The van der Waals surface area contributed by atoms with Crippen molar-refractivity contribution in [2.24, 2.45) is 0 Å². The molecule has 0 radical (unpaired) electrons. The zero-order valence-corrected chi connectivity index (χ0v) is 18.4. The van der Waals surface area contributed by atoms with E-state index in [0.29, 0.717) is 32.0 Å². The average Bonchev–Trinajstić information content (AvgIpc) is 2.91. The lowest BCUT2D eigenvalue weighted by molar-refractivity contribution is -0.123. The van der Waals surface area contributed by atoms with Crippen molar-refractivity contribution in [3.63, 3.8) is 0 Å². The van der Waals surface area contributed by atoms with Crippen LogP contribution in [0.1, 0.15) is 25.0 Å². The Hall–Kier alpha value is -2.15. The third-order valence-corrected chi connectivity index (χ3v) is 5.43. The fourth-order valence-electron chi connectivity index (χ4n) is 2.78. The van der Waals surface area contributed by atoms with Gasteiger partial charge in [-0.25, -0.2) is 0 Å². The first-order valence-corrected chi connectivity index (χ1v) is 10.4. The number of ether oxygens (including phenoxy) is 2. The van der Waals surface area contributed by atoms with E-state index in [2.05, 4.69) is 0 Å². The van der Waals surface area contributed by atoms with Crippen LogP contribution in [0.15, 0.2) is 41.3 Å². The molecule has 29 heavy (non-hydrogen) atoms. The molecule has 1 heterocycles. The van der Waals surface area contributed by atoms with Gasteiger partial charge in [-0.2, -0.15) is 0 Å². The summed E-state index contributed by atoms with van der Waals surface area (Å²) in [6.07, 6.45) is 1.55. The topological polar surface area (TPSA) is 55.8 Å². The maximum atomic E-state index is 12.8. The molecule has 2 amide bonds. The van der Waals surface area contributed by atoms with Gasteiger partial charge >= 0.3 is 0 Å². The molecule has 0 bridgehead atoms. The predicted molar refractivity (Wildman–Crippen MR) is 117 cm³/mol. The number of imide groups is 1. The van der Waals surface area contributed by atoms with Crippen molar-refractivity contribution in [1.82, 2.24) is 4.90 Å². The molecule has 0 aliphatic carbocycles. The van der Waals surface area contributed by atoms with Gasteiger partial charge in [0.1, 0.15) is 0 Å². The number of rotatable bonds is 6. The average molecular weight is 452 g/mol. The summed E-state index contributed by atoms with van der Waals surface area (Å²) in [5, 5.41) is 0.581. The molecule has 2 aromatic carbocycles. The van der Waals surface area contributed by atoms with Gasteiger partial charge in [0.15, 0.2) is 11.5 Å². The molecule has 1 saturated heterocycles. The fraction of sp³-hybridized carbons (Fsp3) is 0.238. The number of benzene rings is 2. The molecule has 1 aliphatic rings. The van der Waals surface area contributed by atoms with Crippen molar-refractivity contribution in [1.29, 1.82) is 0 Å². The van der Waals surface area contributed by atoms with Crippen molar-refractivity contribution < 1.29 is 19.1 Å². The Balaban J connectivity index is 1.86. The van der Waals surface area contributed by atoms with Crippen LogP contribution in [0.5, 0.6) is 11.5 Å². The van der Waals surface area contributed by atoms with Gasteiger partial charge < -0.3 is 9.47 Å². The lowest BCUT2D eigenvalue weighted by Crippen LogP contribution is -2.27. The van der Waals surface area contributed by atoms with Gasteiger partial charge in [-0.1, -0.05) is 35.3 Å². The Morgan fingerprint density at radius 3 is 2.59 bits per heavy atom. The highest BCUT2D eigenvalue weighted by atomic mass is 35.5. The molecule has 2 aromatic rings. The lowest BCUT2D eigenvalue weighted by Gasteiger charge is -2.15. The molecule has 3 rings (SSSR count). The number of nitrogens with zero attached hydrogens (tertiary/aromatic N) is 1. The van der Waals surface area contributed by atoms with E-state index in [1.165, 1.54) is 12.0 Å². The van der Waals surface area contributed by atoms with Crippen molar-refractivity contribution in [2.75, 3.05) is 7.11 Å². The van der Waals surface area contributed by atoms with E-state index >= 15 is 0 Å². The third kappa shape index (κ3) is 5.07. The molecule has 0 saturated carbocycles. The maximum absolute atomic E-state index is 12.8. The van der Waals surface area contributed by atoms with Crippen molar-refractivity contribution >= 4 is 52.2 Å². The highest BCUT2D eigenvalue weighted by Crippen LogP contribution is 2.39. The third-order valence-electron chi connectivity index (χ3n) is 4.01. The van der Waals surface area contributed by atoms with Gasteiger partial charge in [-0.05, 0) is 67.1 Å². The molecule has 8 heteroatoms. The Labute approximate surface area is 183 Å². The Kier molecular flexibility index (Phi) is 6.77. The van der Waals surface area contributed by atoms with E-state index in [9.17, 15) is 9.59 Å². The van der Waals surface area contributed by atoms with E-state index < -0.39 is 0 Å². The first kappa shape index (κ1) is 21.6. The molecule has 0 N–H and O–H groups in total. The maximum Gasteiger partial charge on any atom is 0.293 e.